The highest BCUT2D eigenvalue weighted by molar-refractivity contribution is 6.34. The third-order valence-electron chi connectivity index (χ3n) is 4.05. The highest BCUT2D eigenvalue weighted by Crippen LogP contribution is 2.51. The Morgan fingerprint density at radius 1 is 1.21 bits per heavy atom. The molecule has 0 saturated carbocycles. The second kappa shape index (κ2) is 6.29. The fourth-order valence-corrected chi connectivity index (χ4v) is 3.32. The Morgan fingerprint density at radius 3 is 2.58 bits per heavy atom. The molecule has 7 heteroatoms. The molecule has 1 unspecified atom stereocenters. The summed E-state index contributed by atoms with van der Waals surface area (Å²) in [6.07, 6.45) is 0. The molecule has 0 aliphatic carbocycles. The van der Waals surface area contributed by atoms with Crippen molar-refractivity contribution in [3.8, 4) is 17.2 Å². The molecule has 0 saturated heterocycles. The minimum atomic E-state index is -1.48. The lowest BCUT2D eigenvalue weighted by Gasteiger charge is -2.23. The maximum Gasteiger partial charge on any atom is 0.193 e. The molecule has 0 amide bonds. The lowest BCUT2D eigenvalue weighted by atomic mass is 9.95. The predicted octanol–water partition coefficient (Wildman–Crippen LogP) is 3.19. The van der Waals surface area contributed by atoms with Crippen LogP contribution in [-0.4, -0.2) is 33.2 Å². The maximum absolute atomic E-state index is 10.6. The largest absolute Gasteiger partial charge is 0.496 e. The Labute approximate surface area is 144 Å². The van der Waals surface area contributed by atoms with Gasteiger partial charge >= 0.3 is 0 Å². The monoisotopic (exact) mass is 354 g/mol. The summed E-state index contributed by atoms with van der Waals surface area (Å²) in [5.41, 5.74) is 1.34. The van der Waals surface area contributed by atoms with Gasteiger partial charge in [0.15, 0.2) is 12.6 Å². The first-order chi connectivity index (χ1) is 11.4. The van der Waals surface area contributed by atoms with Crippen LogP contribution in [0, 0.1) is 0 Å². The molecule has 2 aromatic carbocycles. The fourth-order valence-electron chi connectivity index (χ4n) is 3.05. The van der Waals surface area contributed by atoms with Gasteiger partial charge in [-0.2, -0.15) is 0 Å². The average Bonchev–Trinajstić information content (AvgIpc) is 2.86. The van der Waals surface area contributed by atoms with Gasteiger partial charge in [0.2, 0.25) is 0 Å². The first-order valence-electron chi connectivity index (χ1n) is 7.33. The fraction of sp³-hybridized carbons (Fsp3) is 0.412. The third-order valence-corrected chi connectivity index (χ3v) is 4.33. The molecule has 6 nitrogen and oxygen atoms in total. The van der Waals surface area contributed by atoms with Gasteiger partial charge in [-0.1, -0.05) is 11.6 Å². The van der Waals surface area contributed by atoms with Crippen LogP contribution in [-0.2, 0) is 21.9 Å². The average molecular weight is 355 g/mol. The van der Waals surface area contributed by atoms with Crippen molar-refractivity contribution in [3.63, 3.8) is 0 Å². The van der Waals surface area contributed by atoms with Crippen molar-refractivity contribution in [1.82, 2.24) is 0 Å². The Balaban J connectivity index is 2.44. The van der Waals surface area contributed by atoms with Crippen LogP contribution in [0.25, 0.3) is 10.8 Å². The summed E-state index contributed by atoms with van der Waals surface area (Å²) in [5.74, 6) is -0.0614. The molecule has 1 aliphatic heterocycles. The van der Waals surface area contributed by atoms with Gasteiger partial charge in [-0.25, -0.2) is 0 Å². The van der Waals surface area contributed by atoms with Crippen molar-refractivity contribution in [3.05, 3.63) is 28.3 Å². The van der Waals surface area contributed by atoms with E-state index in [1.54, 1.807) is 20.1 Å². The van der Waals surface area contributed by atoms with Crippen LogP contribution in [0.15, 0.2) is 12.1 Å². The van der Waals surface area contributed by atoms with Gasteiger partial charge in [0, 0.05) is 18.6 Å². The maximum atomic E-state index is 10.6. The topological polar surface area (TPSA) is 66.4 Å². The van der Waals surface area contributed by atoms with E-state index in [0.717, 1.165) is 10.9 Å². The molecule has 3 rings (SSSR count). The molecule has 130 valence electrons. The van der Waals surface area contributed by atoms with Crippen LogP contribution < -0.4 is 14.2 Å². The smallest absolute Gasteiger partial charge is 0.193 e. The van der Waals surface area contributed by atoms with E-state index in [0.29, 0.717) is 33.2 Å². The number of ether oxygens (including phenoxy) is 5. The van der Waals surface area contributed by atoms with Crippen LogP contribution in [0.3, 0.4) is 0 Å². The number of fused-ring (bicyclic) bond motifs is 2. The van der Waals surface area contributed by atoms with Crippen LogP contribution in [0.2, 0.25) is 5.02 Å². The van der Waals surface area contributed by atoms with Crippen molar-refractivity contribution >= 4 is 22.4 Å². The van der Waals surface area contributed by atoms with Crippen LogP contribution in [0.4, 0.5) is 0 Å². The molecule has 0 aromatic heterocycles. The van der Waals surface area contributed by atoms with E-state index in [1.165, 1.54) is 14.2 Å². The third kappa shape index (κ3) is 2.56. The quantitative estimate of drug-likeness (QED) is 0.832. The molecule has 0 bridgehead atoms. The number of benzene rings is 2. The van der Waals surface area contributed by atoms with Gasteiger partial charge in [0.1, 0.15) is 17.2 Å². The molecular formula is C17H19ClO6. The van der Waals surface area contributed by atoms with E-state index in [-0.39, 0.29) is 13.4 Å². The van der Waals surface area contributed by atoms with Crippen molar-refractivity contribution < 1.29 is 28.8 Å². The zero-order valence-corrected chi connectivity index (χ0v) is 14.7. The van der Waals surface area contributed by atoms with Crippen molar-refractivity contribution in [1.29, 1.82) is 0 Å². The van der Waals surface area contributed by atoms with Crippen LogP contribution in [0.1, 0.15) is 18.1 Å². The summed E-state index contributed by atoms with van der Waals surface area (Å²) in [6.45, 7) is 1.83. The standard InChI is InChI=1S/C17H19ClO6/c1-17(19)14-9(7-24-17)5-10-12(21-3)6-11(18)15(22-4)13(10)16(14)23-8-20-2/h5-6,19H,7-8H2,1-4H3. The molecule has 1 atom stereocenters. The van der Waals surface area contributed by atoms with Gasteiger partial charge in [-0.3, -0.25) is 0 Å². The summed E-state index contributed by atoms with van der Waals surface area (Å²) in [4.78, 5) is 0. The van der Waals surface area contributed by atoms with E-state index in [1.807, 2.05) is 6.07 Å². The molecule has 0 radical (unpaired) electrons. The lowest BCUT2D eigenvalue weighted by Crippen LogP contribution is -2.20. The Hall–Kier alpha value is -1.73. The van der Waals surface area contributed by atoms with E-state index in [2.05, 4.69) is 0 Å². The van der Waals surface area contributed by atoms with Crippen LogP contribution in [0.5, 0.6) is 17.2 Å². The molecular weight excluding hydrogens is 336 g/mol. The summed E-state index contributed by atoms with van der Waals surface area (Å²) in [7, 11) is 4.60. The molecule has 2 aromatic rings. The Kier molecular flexibility index (Phi) is 4.48. The summed E-state index contributed by atoms with van der Waals surface area (Å²) in [5, 5.41) is 12.3. The van der Waals surface area contributed by atoms with E-state index in [4.69, 9.17) is 35.3 Å². The number of halogens is 1. The number of methoxy groups -OCH3 is 3. The van der Waals surface area contributed by atoms with Gasteiger partial charge in [0.05, 0.1) is 36.8 Å². The minimum absolute atomic E-state index is 0.000381. The molecule has 1 aliphatic rings. The number of aliphatic hydroxyl groups is 1. The molecule has 1 heterocycles. The first-order valence-corrected chi connectivity index (χ1v) is 7.71. The summed E-state index contributed by atoms with van der Waals surface area (Å²) >= 11 is 6.33. The lowest BCUT2D eigenvalue weighted by molar-refractivity contribution is -0.189. The molecule has 24 heavy (non-hydrogen) atoms. The van der Waals surface area contributed by atoms with E-state index < -0.39 is 5.79 Å². The van der Waals surface area contributed by atoms with Crippen molar-refractivity contribution in [2.45, 2.75) is 19.3 Å². The Morgan fingerprint density at radius 2 is 1.96 bits per heavy atom. The molecule has 0 spiro atoms. The number of rotatable bonds is 5. The zero-order chi connectivity index (χ0) is 17.5. The van der Waals surface area contributed by atoms with E-state index >= 15 is 0 Å². The summed E-state index contributed by atoms with van der Waals surface area (Å²) in [6, 6.07) is 3.58. The predicted molar refractivity (Wildman–Crippen MR) is 88.9 cm³/mol. The number of hydrogen-bond acceptors (Lipinski definition) is 6. The highest BCUT2D eigenvalue weighted by atomic mass is 35.5. The first kappa shape index (κ1) is 17.1. The SMILES string of the molecule is COCOc1c2c(cc3c(OC)cc(Cl)c(OC)c13)COC2(C)O. The second-order valence-electron chi connectivity index (χ2n) is 5.58. The van der Waals surface area contributed by atoms with Gasteiger partial charge in [-0.15, -0.1) is 0 Å². The molecule has 0 fully saturated rings. The Bertz CT molecular complexity index is 787. The van der Waals surface area contributed by atoms with Gasteiger partial charge in [0.25, 0.3) is 0 Å². The van der Waals surface area contributed by atoms with Gasteiger partial charge in [-0.05, 0) is 18.6 Å². The number of hydrogen-bond donors (Lipinski definition) is 1. The van der Waals surface area contributed by atoms with Gasteiger partial charge < -0.3 is 28.8 Å². The molecule has 1 N–H and O–H groups in total. The van der Waals surface area contributed by atoms with Crippen LogP contribution >= 0.6 is 11.6 Å². The van der Waals surface area contributed by atoms with Crippen molar-refractivity contribution in [2.24, 2.45) is 0 Å². The zero-order valence-electron chi connectivity index (χ0n) is 13.9. The minimum Gasteiger partial charge on any atom is -0.496 e. The normalized spacial score (nSPS) is 19.4. The second-order valence-corrected chi connectivity index (χ2v) is 5.99. The summed E-state index contributed by atoms with van der Waals surface area (Å²) < 4.78 is 27.2. The van der Waals surface area contributed by atoms with E-state index in [9.17, 15) is 5.11 Å². The highest BCUT2D eigenvalue weighted by Gasteiger charge is 2.39. The van der Waals surface area contributed by atoms with Crippen molar-refractivity contribution in [2.75, 3.05) is 28.1 Å².